The van der Waals surface area contributed by atoms with Crippen LogP contribution in [0.3, 0.4) is 0 Å². The molecule has 154 valence electrons. The molecule has 0 aliphatic heterocycles. The average Bonchev–Trinajstić information content (AvgIpc) is 2.74. The maximum atomic E-state index is 12.8. The van der Waals surface area contributed by atoms with Gasteiger partial charge >= 0.3 is 0 Å². The molecule has 3 aromatic carbocycles. The van der Waals surface area contributed by atoms with E-state index >= 15 is 0 Å². The van der Waals surface area contributed by atoms with Gasteiger partial charge in [-0.25, -0.2) is 13.1 Å². The molecule has 0 heterocycles. The van der Waals surface area contributed by atoms with E-state index in [-0.39, 0.29) is 18.2 Å². The summed E-state index contributed by atoms with van der Waals surface area (Å²) in [4.78, 5) is 12.8. The van der Waals surface area contributed by atoms with Gasteiger partial charge in [-0.3, -0.25) is 4.79 Å². The summed E-state index contributed by atoms with van der Waals surface area (Å²) in [5, 5.41) is 2.81. The third-order valence-electron chi connectivity index (χ3n) is 4.12. The minimum Gasteiger partial charge on any atom is -0.457 e. The fraction of sp³-hybridized carbons (Fsp3) is 0.0870. The predicted octanol–water partition coefficient (Wildman–Crippen LogP) is 4.34. The van der Waals surface area contributed by atoms with Crippen molar-refractivity contribution >= 4 is 21.6 Å². The number of rotatable bonds is 9. The molecule has 0 radical (unpaired) electrons. The third-order valence-corrected chi connectivity index (χ3v) is 5.44. The van der Waals surface area contributed by atoms with Gasteiger partial charge in [0.05, 0.1) is 11.3 Å². The summed E-state index contributed by atoms with van der Waals surface area (Å²) in [6.07, 6.45) is 1.48. The Morgan fingerprint density at radius 2 is 1.60 bits per heavy atom. The fourth-order valence-electron chi connectivity index (χ4n) is 2.70. The Balaban J connectivity index is 1.69. The summed E-state index contributed by atoms with van der Waals surface area (Å²) >= 11 is 0. The summed E-state index contributed by atoms with van der Waals surface area (Å²) in [5.74, 6) is 0.600. The summed E-state index contributed by atoms with van der Waals surface area (Å²) < 4.78 is 32.2. The molecule has 0 unspecified atom stereocenters. The molecule has 3 aromatic rings. The van der Waals surface area contributed by atoms with E-state index in [1.165, 1.54) is 6.08 Å². The number of carbonyl (C=O) groups excluding carboxylic acids is 1. The minimum atomic E-state index is -3.44. The van der Waals surface area contributed by atoms with Crippen LogP contribution >= 0.6 is 0 Å². The molecule has 0 atom stereocenters. The lowest BCUT2D eigenvalue weighted by atomic mass is 10.1. The van der Waals surface area contributed by atoms with Crippen molar-refractivity contribution in [3.63, 3.8) is 0 Å². The van der Waals surface area contributed by atoms with Crippen molar-refractivity contribution in [3.8, 4) is 11.5 Å². The lowest BCUT2D eigenvalue weighted by molar-refractivity contribution is 0.102. The second-order valence-electron chi connectivity index (χ2n) is 6.46. The molecule has 0 fully saturated rings. The molecule has 7 heteroatoms. The van der Waals surface area contributed by atoms with Crippen molar-refractivity contribution in [3.05, 3.63) is 103 Å². The van der Waals surface area contributed by atoms with Gasteiger partial charge in [0.25, 0.3) is 5.91 Å². The highest BCUT2D eigenvalue weighted by molar-refractivity contribution is 7.88. The monoisotopic (exact) mass is 422 g/mol. The Bertz CT molecular complexity index is 1110. The summed E-state index contributed by atoms with van der Waals surface area (Å²) in [6.45, 7) is 3.67. The molecule has 30 heavy (non-hydrogen) atoms. The molecule has 3 rings (SSSR count). The third kappa shape index (κ3) is 6.04. The fourth-order valence-corrected chi connectivity index (χ4v) is 3.80. The van der Waals surface area contributed by atoms with Crippen molar-refractivity contribution in [1.82, 2.24) is 4.72 Å². The van der Waals surface area contributed by atoms with E-state index in [0.717, 1.165) is 0 Å². The van der Waals surface area contributed by atoms with Crippen molar-refractivity contribution in [2.24, 2.45) is 0 Å². The zero-order valence-electron chi connectivity index (χ0n) is 16.2. The lowest BCUT2D eigenvalue weighted by Gasteiger charge is -2.12. The van der Waals surface area contributed by atoms with Gasteiger partial charge in [0.15, 0.2) is 0 Å². The smallest absolute Gasteiger partial charge is 0.259 e. The maximum absolute atomic E-state index is 12.8. The molecule has 6 nitrogen and oxygen atoms in total. The highest BCUT2D eigenvalue weighted by Gasteiger charge is 2.14. The highest BCUT2D eigenvalue weighted by atomic mass is 32.2. The molecule has 1 amide bonds. The second-order valence-corrected chi connectivity index (χ2v) is 8.27. The van der Waals surface area contributed by atoms with Crippen LogP contribution in [0.25, 0.3) is 0 Å². The van der Waals surface area contributed by atoms with Crippen LogP contribution in [0.1, 0.15) is 15.9 Å². The number of ether oxygens (including phenoxy) is 1. The van der Waals surface area contributed by atoms with Gasteiger partial charge in [-0.1, -0.05) is 48.5 Å². The molecule has 0 aliphatic rings. The van der Waals surface area contributed by atoms with Gasteiger partial charge in [-0.15, -0.1) is 6.58 Å². The molecule has 0 bridgehead atoms. The average molecular weight is 423 g/mol. The van der Waals surface area contributed by atoms with Crippen molar-refractivity contribution in [1.29, 1.82) is 0 Å². The van der Waals surface area contributed by atoms with Crippen molar-refractivity contribution in [2.75, 3.05) is 11.9 Å². The maximum Gasteiger partial charge on any atom is 0.259 e. The van der Waals surface area contributed by atoms with Crippen LogP contribution < -0.4 is 14.8 Å². The Morgan fingerprint density at radius 3 is 2.30 bits per heavy atom. The molecular weight excluding hydrogens is 400 g/mol. The highest BCUT2D eigenvalue weighted by Crippen LogP contribution is 2.26. The van der Waals surface area contributed by atoms with Gasteiger partial charge in [0, 0.05) is 12.2 Å². The Hall–Kier alpha value is -3.42. The molecule has 0 saturated carbocycles. The number of amides is 1. The Morgan fingerprint density at radius 1 is 0.933 bits per heavy atom. The van der Waals surface area contributed by atoms with Crippen LogP contribution in [0, 0.1) is 0 Å². The SMILES string of the molecule is C=CCNS(=O)(=O)Cc1ccc(NC(=O)c2ccccc2Oc2ccccc2)cc1. The van der Waals surface area contributed by atoms with E-state index in [1.807, 2.05) is 30.3 Å². The molecule has 2 N–H and O–H groups in total. The number of carbonyl (C=O) groups is 1. The number of anilines is 1. The zero-order valence-corrected chi connectivity index (χ0v) is 17.1. The van der Waals surface area contributed by atoms with Crippen LogP contribution in [0.2, 0.25) is 0 Å². The van der Waals surface area contributed by atoms with Gasteiger partial charge in [0.1, 0.15) is 11.5 Å². The number of nitrogens with one attached hydrogen (secondary N) is 2. The summed E-state index contributed by atoms with van der Waals surface area (Å²) in [6, 6.07) is 22.8. The number of sulfonamides is 1. The Kier molecular flexibility index (Phi) is 7.00. The van der Waals surface area contributed by atoms with Gasteiger partial charge in [-0.2, -0.15) is 0 Å². The first-order chi connectivity index (χ1) is 14.5. The van der Waals surface area contributed by atoms with E-state index in [4.69, 9.17) is 4.74 Å². The summed E-state index contributed by atoms with van der Waals surface area (Å²) in [7, 11) is -3.44. The number of hydrogen-bond donors (Lipinski definition) is 2. The molecule has 0 spiro atoms. The molecular formula is C23H22N2O4S. The molecule has 0 saturated heterocycles. The normalized spacial score (nSPS) is 10.9. The van der Waals surface area contributed by atoms with Crippen LogP contribution in [-0.4, -0.2) is 20.9 Å². The van der Waals surface area contributed by atoms with E-state index in [0.29, 0.717) is 28.3 Å². The van der Waals surface area contributed by atoms with Gasteiger partial charge in [-0.05, 0) is 42.0 Å². The number of benzene rings is 3. The van der Waals surface area contributed by atoms with E-state index in [2.05, 4.69) is 16.6 Å². The number of para-hydroxylation sites is 2. The second kappa shape index (κ2) is 9.87. The van der Waals surface area contributed by atoms with Crippen LogP contribution in [-0.2, 0) is 15.8 Å². The standard InChI is InChI=1S/C23H22N2O4S/c1-2-16-24-30(27,28)17-18-12-14-19(15-13-18)25-23(26)21-10-6-7-11-22(21)29-20-8-4-3-5-9-20/h2-15,24H,1,16-17H2,(H,25,26). The number of hydrogen-bond acceptors (Lipinski definition) is 4. The molecule has 0 aliphatic carbocycles. The quantitative estimate of drug-likeness (QED) is 0.503. The zero-order chi connectivity index (χ0) is 21.4. The topological polar surface area (TPSA) is 84.5 Å². The Labute approximate surface area is 176 Å². The largest absolute Gasteiger partial charge is 0.457 e. The van der Waals surface area contributed by atoms with Crippen LogP contribution in [0.15, 0.2) is 91.5 Å². The minimum absolute atomic E-state index is 0.150. The van der Waals surface area contributed by atoms with Gasteiger partial charge in [0.2, 0.25) is 10.0 Å². The van der Waals surface area contributed by atoms with E-state index < -0.39 is 10.0 Å². The van der Waals surface area contributed by atoms with Gasteiger partial charge < -0.3 is 10.1 Å². The van der Waals surface area contributed by atoms with Crippen LogP contribution in [0.4, 0.5) is 5.69 Å². The summed E-state index contributed by atoms with van der Waals surface area (Å²) in [5.41, 5.74) is 1.55. The molecule has 0 aromatic heterocycles. The first-order valence-electron chi connectivity index (χ1n) is 9.27. The van der Waals surface area contributed by atoms with E-state index in [1.54, 1.807) is 48.5 Å². The lowest BCUT2D eigenvalue weighted by Crippen LogP contribution is -2.25. The predicted molar refractivity (Wildman–Crippen MR) is 118 cm³/mol. The van der Waals surface area contributed by atoms with Crippen molar-refractivity contribution < 1.29 is 17.9 Å². The van der Waals surface area contributed by atoms with Crippen molar-refractivity contribution in [2.45, 2.75) is 5.75 Å². The van der Waals surface area contributed by atoms with Crippen LogP contribution in [0.5, 0.6) is 11.5 Å². The first kappa shape index (κ1) is 21.3. The van der Waals surface area contributed by atoms with E-state index in [9.17, 15) is 13.2 Å². The first-order valence-corrected chi connectivity index (χ1v) is 10.9.